The van der Waals surface area contributed by atoms with Gasteiger partial charge in [-0.2, -0.15) is 0 Å². The number of nitrogens with one attached hydrogen (secondary N) is 1. The molecule has 0 aliphatic rings. The number of hydrogen-bond acceptors (Lipinski definition) is 4. The maximum absolute atomic E-state index is 10.7. The van der Waals surface area contributed by atoms with Crippen molar-refractivity contribution in [3.05, 3.63) is 47.3 Å². The summed E-state index contributed by atoms with van der Waals surface area (Å²) in [4.78, 5) is 18.6. The maximum atomic E-state index is 10.7. The van der Waals surface area contributed by atoms with Gasteiger partial charge in [-0.3, -0.25) is 0 Å². The summed E-state index contributed by atoms with van der Waals surface area (Å²) in [5, 5.41) is 11.8. The molecular formula is C13H13N3O2. The fourth-order valence-electron chi connectivity index (χ4n) is 1.63. The normalized spacial score (nSPS) is 10.1. The smallest absolute Gasteiger partial charge is 0.338 e. The van der Waals surface area contributed by atoms with Crippen LogP contribution in [0.1, 0.15) is 21.5 Å². The van der Waals surface area contributed by atoms with Crippen LogP contribution >= 0.6 is 0 Å². The largest absolute Gasteiger partial charge is 0.478 e. The lowest BCUT2D eigenvalue weighted by molar-refractivity contribution is 0.0696. The highest BCUT2D eigenvalue weighted by molar-refractivity contribution is 5.86. The Labute approximate surface area is 105 Å². The molecule has 0 saturated carbocycles. The molecule has 1 heterocycles. The molecule has 18 heavy (non-hydrogen) atoms. The Balaban J connectivity index is 2.26. The molecule has 0 saturated heterocycles. The molecule has 2 rings (SSSR count). The molecule has 0 unspecified atom stereocenters. The number of carboxylic acids is 1. The van der Waals surface area contributed by atoms with Crippen molar-refractivity contribution in [3.8, 4) is 0 Å². The Bertz CT molecular complexity index is 559. The van der Waals surface area contributed by atoms with E-state index in [1.807, 2.05) is 32.0 Å². The van der Waals surface area contributed by atoms with Gasteiger partial charge in [0.05, 0.1) is 5.56 Å². The van der Waals surface area contributed by atoms with Gasteiger partial charge in [0, 0.05) is 18.1 Å². The summed E-state index contributed by atoms with van der Waals surface area (Å²) >= 11 is 0. The first kappa shape index (κ1) is 12.0. The topological polar surface area (TPSA) is 75.1 Å². The van der Waals surface area contributed by atoms with Crippen LogP contribution in [-0.2, 0) is 0 Å². The van der Waals surface area contributed by atoms with Crippen LogP contribution in [0.2, 0.25) is 0 Å². The summed E-state index contributed by atoms with van der Waals surface area (Å²) in [6, 6.07) is 5.95. The quantitative estimate of drug-likeness (QED) is 0.866. The molecule has 0 spiro atoms. The van der Waals surface area contributed by atoms with Gasteiger partial charge in [0.25, 0.3) is 0 Å². The second-order valence-electron chi connectivity index (χ2n) is 3.99. The highest BCUT2D eigenvalue weighted by atomic mass is 16.4. The lowest BCUT2D eigenvalue weighted by Gasteiger charge is -2.10. The maximum Gasteiger partial charge on any atom is 0.338 e. The van der Waals surface area contributed by atoms with Gasteiger partial charge < -0.3 is 10.4 Å². The third-order valence-electron chi connectivity index (χ3n) is 2.62. The summed E-state index contributed by atoms with van der Waals surface area (Å²) in [7, 11) is 0. The first-order valence-electron chi connectivity index (χ1n) is 5.46. The molecule has 2 aromatic rings. The predicted molar refractivity (Wildman–Crippen MR) is 68.2 cm³/mol. The van der Waals surface area contributed by atoms with Crippen molar-refractivity contribution < 1.29 is 9.90 Å². The van der Waals surface area contributed by atoms with E-state index in [4.69, 9.17) is 5.11 Å². The molecule has 0 radical (unpaired) electrons. The van der Waals surface area contributed by atoms with Crippen LogP contribution in [0.25, 0.3) is 0 Å². The van der Waals surface area contributed by atoms with Gasteiger partial charge in [0.2, 0.25) is 5.95 Å². The third kappa shape index (κ3) is 2.45. The van der Waals surface area contributed by atoms with Crippen molar-refractivity contribution in [1.82, 2.24) is 9.97 Å². The summed E-state index contributed by atoms with van der Waals surface area (Å²) in [5.74, 6) is -0.647. The van der Waals surface area contributed by atoms with Crippen LogP contribution in [0.15, 0.2) is 30.6 Å². The highest BCUT2D eigenvalue weighted by Gasteiger charge is 2.06. The lowest BCUT2D eigenvalue weighted by atomic mass is 10.1. The first-order chi connectivity index (χ1) is 8.58. The number of nitrogens with zero attached hydrogens (tertiary/aromatic N) is 2. The van der Waals surface area contributed by atoms with Crippen LogP contribution in [0.4, 0.5) is 11.6 Å². The third-order valence-corrected chi connectivity index (χ3v) is 2.62. The Hall–Kier alpha value is -2.43. The molecule has 0 bridgehead atoms. The average molecular weight is 243 g/mol. The zero-order chi connectivity index (χ0) is 13.1. The van der Waals surface area contributed by atoms with E-state index in [1.165, 1.54) is 12.4 Å². The van der Waals surface area contributed by atoms with E-state index in [2.05, 4.69) is 15.3 Å². The van der Waals surface area contributed by atoms with Crippen molar-refractivity contribution in [1.29, 1.82) is 0 Å². The van der Waals surface area contributed by atoms with E-state index in [-0.39, 0.29) is 5.56 Å². The minimum atomic E-state index is -1.03. The molecule has 0 aliphatic carbocycles. The van der Waals surface area contributed by atoms with Gasteiger partial charge in [-0.15, -0.1) is 0 Å². The monoisotopic (exact) mass is 243 g/mol. The van der Waals surface area contributed by atoms with Gasteiger partial charge in [-0.1, -0.05) is 18.2 Å². The number of aryl methyl sites for hydroxylation is 2. The number of carbonyl (C=O) groups is 1. The second kappa shape index (κ2) is 4.83. The molecule has 0 fully saturated rings. The summed E-state index contributed by atoms with van der Waals surface area (Å²) in [6.45, 7) is 3.97. The summed E-state index contributed by atoms with van der Waals surface area (Å²) in [6.07, 6.45) is 2.57. The van der Waals surface area contributed by atoms with E-state index in [0.717, 1.165) is 16.8 Å². The standard InChI is InChI=1S/C13H13N3O2/c1-8-4-3-5-9(2)11(8)16-13-14-6-10(7-15-13)12(17)18/h3-7H,1-2H3,(H,17,18)(H,14,15,16). The summed E-state index contributed by atoms with van der Waals surface area (Å²) in [5.41, 5.74) is 3.18. The van der Waals surface area contributed by atoms with Crippen LogP contribution in [0.5, 0.6) is 0 Å². The number of aromatic carboxylic acids is 1. The predicted octanol–water partition coefficient (Wildman–Crippen LogP) is 2.54. The van der Waals surface area contributed by atoms with E-state index in [1.54, 1.807) is 0 Å². The summed E-state index contributed by atoms with van der Waals surface area (Å²) < 4.78 is 0. The van der Waals surface area contributed by atoms with Gasteiger partial charge in [-0.25, -0.2) is 14.8 Å². The fraction of sp³-hybridized carbons (Fsp3) is 0.154. The van der Waals surface area contributed by atoms with Crippen molar-refractivity contribution in [3.63, 3.8) is 0 Å². The molecule has 5 heteroatoms. The zero-order valence-electron chi connectivity index (χ0n) is 10.1. The number of benzene rings is 1. The fourth-order valence-corrected chi connectivity index (χ4v) is 1.63. The highest BCUT2D eigenvalue weighted by Crippen LogP contribution is 2.22. The minimum absolute atomic E-state index is 0.0713. The van der Waals surface area contributed by atoms with Crippen molar-refractivity contribution in [2.75, 3.05) is 5.32 Å². The van der Waals surface area contributed by atoms with E-state index >= 15 is 0 Å². The molecule has 2 N–H and O–H groups in total. The number of hydrogen-bond donors (Lipinski definition) is 2. The Kier molecular flexibility index (Phi) is 3.23. The zero-order valence-corrected chi connectivity index (χ0v) is 10.1. The molecule has 0 aliphatic heterocycles. The number of carboxylic acid groups (broad SMARTS) is 1. The van der Waals surface area contributed by atoms with Crippen LogP contribution < -0.4 is 5.32 Å². The van der Waals surface area contributed by atoms with Crippen LogP contribution in [0, 0.1) is 13.8 Å². The SMILES string of the molecule is Cc1cccc(C)c1Nc1ncc(C(=O)O)cn1. The van der Waals surface area contributed by atoms with Gasteiger partial charge in [-0.05, 0) is 25.0 Å². The molecule has 1 aromatic heterocycles. The van der Waals surface area contributed by atoms with Crippen molar-refractivity contribution in [2.45, 2.75) is 13.8 Å². The Morgan fingerprint density at radius 3 is 2.22 bits per heavy atom. The molecular weight excluding hydrogens is 230 g/mol. The Morgan fingerprint density at radius 2 is 1.72 bits per heavy atom. The lowest BCUT2D eigenvalue weighted by Crippen LogP contribution is -2.03. The minimum Gasteiger partial charge on any atom is -0.478 e. The number of rotatable bonds is 3. The molecule has 0 amide bonds. The van der Waals surface area contributed by atoms with E-state index in [9.17, 15) is 4.79 Å². The number of anilines is 2. The average Bonchev–Trinajstić information content (AvgIpc) is 2.34. The van der Waals surface area contributed by atoms with E-state index in [0.29, 0.717) is 5.95 Å². The molecule has 0 atom stereocenters. The Morgan fingerprint density at radius 1 is 1.17 bits per heavy atom. The molecule has 92 valence electrons. The van der Waals surface area contributed by atoms with Gasteiger partial charge in [0.15, 0.2) is 0 Å². The van der Waals surface area contributed by atoms with E-state index < -0.39 is 5.97 Å². The van der Waals surface area contributed by atoms with Gasteiger partial charge >= 0.3 is 5.97 Å². The first-order valence-corrected chi connectivity index (χ1v) is 5.46. The molecule has 5 nitrogen and oxygen atoms in total. The van der Waals surface area contributed by atoms with Gasteiger partial charge in [0.1, 0.15) is 0 Å². The van der Waals surface area contributed by atoms with Crippen LogP contribution in [0.3, 0.4) is 0 Å². The number of para-hydroxylation sites is 1. The molecule has 1 aromatic carbocycles. The second-order valence-corrected chi connectivity index (χ2v) is 3.99. The van der Waals surface area contributed by atoms with Crippen molar-refractivity contribution in [2.24, 2.45) is 0 Å². The van der Waals surface area contributed by atoms with Crippen LogP contribution in [-0.4, -0.2) is 21.0 Å². The number of aromatic nitrogens is 2. The van der Waals surface area contributed by atoms with Crippen molar-refractivity contribution >= 4 is 17.6 Å².